The number of hydrogen-bond donors (Lipinski definition) is 0. The van der Waals surface area contributed by atoms with Crippen LogP contribution in [0.5, 0.6) is 0 Å². The molecule has 0 saturated heterocycles. The largest absolute Gasteiger partial charge is 0.468 e. The summed E-state index contributed by atoms with van der Waals surface area (Å²) in [5.41, 5.74) is 0. The highest BCUT2D eigenvalue weighted by atomic mass is 16.5. The average Bonchev–Trinajstić information content (AvgIpc) is 2.27. The van der Waals surface area contributed by atoms with E-state index in [1.54, 1.807) is 0 Å². The van der Waals surface area contributed by atoms with Crippen LogP contribution in [0.4, 0.5) is 0 Å². The van der Waals surface area contributed by atoms with Crippen LogP contribution in [0, 0.1) is 0 Å². The highest BCUT2D eigenvalue weighted by Crippen LogP contribution is 2.21. The summed E-state index contributed by atoms with van der Waals surface area (Å²) >= 11 is 0. The van der Waals surface area contributed by atoms with E-state index in [-0.39, 0.29) is 12.0 Å². The van der Waals surface area contributed by atoms with Crippen LogP contribution < -0.4 is 0 Å². The molecule has 1 atom stereocenters. The quantitative estimate of drug-likeness (QED) is 0.656. The highest BCUT2D eigenvalue weighted by Gasteiger charge is 2.28. The number of ketones is 1. The maximum absolute atomic E-state index is 11.3. The van der Waals surface area contributed by atoms with Crippen molar-refractivity contribution in [2.75, 3.05) is 14.2 Å². The molecule has 1 aliphatic rings. The summed E-state index contributed by atoms with van der Waals surface area (Å²) in [5.74, 6) is 0.125. The molecular weight excluding hydrogens is 194 g/mol. The average molecular weight is 213 g/mol. The summed E-state index contributed by atoms with van der Waals surface area (Å²) < 4.78 is 4.70. The minimum absolute atomic E-state index is 0.214. The Hall–Kier alpha value is -0.900. The van der Waals surface area contributed by atoms with Gasteiger partial charge in [-0.25, -0.2) is 0 Å². The van der Waals surface area contributed by atoms with Crippen molar-refractivity contribution in [3.8, 4) is 0 Å². The van der Waals surface area contributed by atoms with Gasteiger partial charge in [-0.1, -0.05) is 0 Å². The predicted molar refractivity (Wildman–Crippen MR) is 56.5 cm³/mol. The van der Waals surface area contributed by atoms with Crippen molar-refractivity contribution in [3.05, 3.63) is 0 Å². The van der Waals surface area contributed by atoms with Crippen LogP contribution in [0.25, 0.3) is 0 Å². The monoisotopic (exact) mass is 213 g/mol. The van der Waals surface area contributed by atoms with E-state index in [9.17, 15) is 9.59 Å². The maximum Gasteiger partial charge on any atom is 0.322 e. The van der Waals surface area contributed by atoms with Gasteiger partial charge in [-0.15, -0.1) is 0 Å². The van der Waals surface area contributed by atoms with E-state index in [2.05, 4.69) is 0 Å². The first-order chi connectivity index (χ1) is 7.06. The SMILES string of the molecule is COC(=O)C(C)N(C)C1CCC(=O)CC1. The van der Waals surface area contributed by atoms with Crippen LogP contribution in [-0.2, 0) is 14.3 Å². The third-order valence-electron chi connectivity index (χ3n) is 3.24. The molecule has 15 heavy (non-hydrogen) atoms. The number of methoxy groups -OCH3 is 1. The zero-order valence-electron chi connectivity index (χ0n) is 9.66. The van der Waals surface area contributed by atoms with Gasteiger partial charge in [0.2, 0.25) is 0 Å². The van der Waals surface area contributed by atoms with Crippen molar-refractivity contribution >= 4 is 11.8 Å². The zero-order chi connectivity index (χ0) is 11.4. The lowest BCUT2D eigenvalue weighted by atomic mass is 9.93. The lowest BCUT2D eigenvalue weighted by Gasteiger charge is -2.33. The van der Waals surface area contributed by atoms with E-state index >= 15 is 0 Å². The molecule has 0 radical (unpaired) electrons. The molecule has 0 heterocycles. The minimum Gasteiger partial charge on any atom is -0.468 e. The van der Waals surface area contributed by atoms with Crippen LogP contribution in [0.15, 0.2) is 0 Å². The molecule has 0 spiro atoms. The van der Waals surface area contributed by atoms with Crippen molar-refractivity contribution in [1.82, 2.24) is 4.90 Å². The molecule has 0 N–H and O–H groups in total. The number of nitrogens with zero attached hydrogens (tertiary/aromatic N) is 1. The molecule has 4 nitrogen and oxygen atoms in total. The van der Waals surface area contributed by atoms with Gasteiger partial charge < -0.3 is 4.74 Å². The number of Topliss-reactive ketones (excluding diaryl/α,β-unsaturated/α-hetero) is 1. The molecule has 1 rings (SSSR count). The normalized spacial score (nSPS) is 20.4. The van der Waals surface area contributed by atoms with Crippen molar-refractivity contribution in [2.45, 2.75) is 44.7 Å². The van der Waals surface area contributed by atoms with Gasteiger partial charge in [0.25, 0.3) is 0 Å². The third kappa shape index (κ3) is 3.02. The number of ether oxygens (including phenoxy) is 1. The summed E-state index contributed by atoms with van der Waals surface area (Å²) in [6.07, 6.45) is 3.00. The fourth-order valence-electron chi connectivity index (χ4n) is 1.98. The molecule has 86 valence electrons. The fraction of sp³-hybridized carbons (Fsp3) is 0.818. The Kier molecular flexibility index (Phi) is 4.27. The number of hydrogen-bond acceptors (Lipinski definition) is 4. The molecule has 1 saturated carbocycles. The summed E-state index contributed by atoms with van der Waals surface area (Å²) in [6, 6.07) is 0.102. The Labute approximate surface area is 90.6 Å². The van der Waals surface area contributed by atoms with Gasteiger partial charge in [-0.2, -0.15) is 0 Å². The van der Waals surface area contributed by atoms with Gasteiger partial charge in [-0.3, -0.25) is 14.5 Å². The number of esters is 1. The van der Waals surface area contributed by atoms with E-state index in [0.717, 1.165) is 12.8 Å². The smallest absolute Gasteiger partial charge is 0.322 e. The molecule has 4 heteroatoms. The molecule has 1 unspecified atom stereocenters. The minimum atomic E-state index is -0.229. The Bertz CT molecular complexity index is 242. The molecule has 1 fully saturated rings. The van der Waals surface area contributed by atoms with Crippen LogP contribution in [0.2, 0.25) is 0 Å². The molecular formula is C11H19NO3. The second kappa shape index (κ2) is 5.26. The number of carbonyl (C=O) groups is 2. The van der Waals surface area contributed by atoms with Crippen molar-refractivity contribution in [3.63, 3.8) is 0 Å². The van der Waals surface area contributed by atoms with Crippen LogP contribution >= 0.6 is 0 Å². The van der Waals surface area contributed by atoms with E-state index in [1.807, 2.05) is 18.9 Å². The first-order valence-corrected chi connectivity index (χ1v) is 5.37. The lowest BCUT2D eigenvalue weighted by molar-refractivity contribution is -0.146. The van der Waals surface area contributed by atoms with E-state index in [1.165, 1.54) is 7.11 Å². The summed E-state index contributed by atoms with van der Waals surface area (Å²) in [5, 5.41) is 0. The molecule has 0 aliphatic heterocycles. The zero-order valence-corrected chi connectivity index (χ0v) is 9.66. The van der Waals surface area contributed by atoms with Gasteiger partial charge in [0.1, 0.15) is 11.8 Å². The van der Waals surface area contributed by atoms with E-state index in [4.69, 9.17) is 4.74 Å². The van der Waals surface area contributed by atoms with E-state index in [0.29, 0.717) is 24.7 Å². The van der Waals surface area contributed by atoms with Gasteiger partial charge in [0, 0.05) is 18.9 Å². The third-order valence-corrected chi connectivity index (χ3v) is 3.24. The Morgan fingerprint density at radius 1 is 1.47 bits per heavy atom. The highest BCUT2D eigenvalue weighted by molar-refractivity contribution is 5.79. The van der Waals surface area contributed by atoms with E-state index < -0.39 is 0 Å². The summed E-state index contributed by atoms with van der Waals surface area (Å²) in [4.78, 5) is 24.4. The lowest BCUT2D eigenvalue weighted by Crippen LogP contribution is -2.45. The van der Waals surface area contributed by atoms with Crippen LogP contribution in [0.1, 0.15) is 32.6 Å². The summed E-state index contributed by atoms with van der Waals surface area (Å²) in [7, 11) is 3.32. The fourth-order valence-corrected chi connectivity index (χ4v) is 1.98. The summed E-state index contributed by atoms with van der Waals surface area (Å²) in [6.45, 7) is 1.84. The Morgan fingerprint density at radius 2 is 2.00 bits per heavy atom. The van der Waals surface area contributed by atoms with Gasteiger partial charge in [0.05, 0.1) is 7.11 Å². The van der Waals surface area contributed by atoms with Gasteiger partial charge >= 0.3 is 5.97 Å². The standard InChI is InChI=1S/C11H19NO3/c1-8(11(14)15-3)12(2)9-4-6-10(13)7-5-9/h8-9H,4-7H2,1-3H3. The van der Waals surface area contributed by atoms with Gasteiger partial charge in [0.15, 0.2) is 0 Å². The molecule has 0 aromatic heterocycles. The number of rotatable bonds is 3. The molecule has 0 bridgehead atoms. The van der Waals surface area contributed by atoms with Crippen LogP contribution in [0.3, 0.4) is 0 Å². The van der Waals surface area contributed by atoms with Crippen LogP contribution in [-0.4, -0.2) is 42.9 Å². The molecule has 0 aromatic carbocycles. The Morgan fingerprint density at radius 3 is 2.47 bits per heavy atom. The second-order valence-electron chi connectivity index (χ2n) is 4.13. The molecule has 0 aromatic rings. The van der Waals surface area contributed by atoms with Crippen molar-refractivity contribution in [1.29, 1.82) is 0 Å². The number of likely N-dealkylation sites (N-methyl/N-ethyl adjacent to an activating group) is 1. The predicted octanol–water partition coefficient (Wildman–Crippen LogP) is 0.991. The maximum atomic E-state index is 11.3. The molecule has 1 aliphatic carbocycles. The topological polar surface area (TPSA) is 46.6 Å². The molecule has 0 amide bonds. The van der Waals surface area contributed by atoms with Gasteiger partial charge in [-0.05, 0) is 26.8 Å². The number of carbonyl (C=O) groups excluding carboxylic acids is 2. The first kappa shape index (κ1) is 12.2. The Balaban J connectivity index is 2.49. The first-order valence-electron chi connectivity index (χ1n) is 5.37. The van der Waals surface area contributed by atoms with Crippen molar-refractivity contribution < 1.29 is 14.3 Å². The van der Waals surface area contributed by atoms with Crippen molar-refractivity contribution in [2.24, 2.45) is 0 Å². The second-order valence-corrected chi connectivity index (χ2v) is 4.13.